The highest BCUT2D eigenvalue weighted by Gasteiger charge is 2.22. The standard InChI is InChI=1S/C14H21NO3/c1-5-8-13-11(6-2)9-12(10(4)15(13)17)14(16)18-7-3/h9H,5-8H2,1-4H3. The minimum Gasteiger partial charge on any atom is -0.618 e. The van der Waals surface area contributed by atoms with Gasteiger partial charge in [-0.05, 0) is 25.8 Å². The summed E-state index contributed by atoms with van der Waals surface area (Å²) in [6.07, 6.45) is 2.38. The van der Waals surface area contributed by atoms with E-state index < -0.39 is 5.97 Å². The van der Waals surface area contributed by atoms with Gasteiger partial charge in [-0.2, -0.15) is 4.73 Å². The predicted octanol–water partition coefficient (Wildman–Crippen LogP) is 2.32. The zero-order valence-corrected chi connectivity index (χ0v) is 11.6. The molecule has 4 heteroatoms. The van der Waals surface area contributed by atoms with E-state index in [2.05, 4.69) is 0 Å². The lowest BCUT2D eigenvalue weighted by atomic mass is 10.0. The molecule has 0 saturated carbocycles. The monoisotopic (exact) mass is 251 g/mol. The van der Waals surface area contributed by atoms with E-state index in [9.17, 15) is 10.0 Å². The molecular formula is C14H21NO3. The molecule has 0 atom stereocenters. The Morgan fingerprint density at radius 1 is 1.39 bits per heavy atom. The van der Waals surface area contributed by atoms with E-state index in [1.165, 1.54) is 0 Å². The quantitative estimate of drug-likeness (QED) is 0.458. The third kappa shape index (κ3) is 2.81. The van der Waals surface area contributed by atoms with Gasteiger partial charge in [0.2, 0.25) is 5.69 Å². The van der Waals surface area contributed by atoms with Crippen molar-refractivity contribution in [2.75, 3.05) is 6.61 Å². The van der Waals surface area contributed by atoms with Crippen LogP contribution in [0.1, 0.15) is 54.5 Å². The van der Waals surface area contributed by atoms with Gasteiger partial charge < -0.3 is 9.94 Å². The van der Waals surface area contributed by atoms with Gasteiger partial charge in [0.1, 0.15) is 5.56 Å². The van der Waals surface area contributed by atoms with Crippen LogP contribution >= 0.6 is 0 Å². The summed E-state index contributed by atoms with van der Waals surface area (Å²) in [4.78, 5) is 11.8. The Morgan fingerprint density at radius 3 is 2.56 bits per heavy atom. The smallest absolute Gasteiger partial charge is 0.344 e. The first-order valence-electron chi connectivity index (χ1n) is 6.48. The highest BCUT2D eigenvalue weighted by Crippen LogP contribution is 2.15. The van der Waals surface area contributed by atoms with E-state index in [1.807, 2.05) is 13.8 Å². The van der Waals surface area contributed by atoms with Gasteiger partial charge in [-0.3, -0.25) is 0 Å². The van der Waals surface area contributed by atoms with Gasteiger partial charge in [0.05, 0.1) is 6.61 Å². The van der Waals surface area contributed by atoms with Gasteiger partial charge in [0, 0.05) is 18.9 Å². The summed E-state index contributed by atoms with van der Waals surface area (Å²) >= 11 is 0. The van der Waals surface area contributed by atoms with Crippen LogP contribution in [0.25, 0.3) is 0 Å². The molecule has 0 aliphatic carbocycles. The number of esters is 1. The fourth-order valence-electron chi connectivity index (χ4n) is 2.02. The summed E-state index contributed by atoms with van der Waals surface area (Å²) in [5.74, 6) is -0.419. The topological polar surface area (TPSA) is 53.2 Å². The Labute approximate surface area is 108 Å². The maximum Gasteiger partial charge on any atom is 0.344 e. The van der Waals surface area contributed by atoms with E-state index in [0.717, 1.165) is 35.3 Å². The van der Waals surface area contributed by atoms with Gasteiger partial charge in [-0.25, -0.2) is 4.79 Å². The second-order valence-electron chi connectivity index (χ2n) is 4.23. The summed E-state index contributed by atoms with van der Waals surface area (Å²) in [5, 5.41) is 12.2. The molecule has 0 aromatic carbocycles. The largest absolute Gasteiger partial charge is 0.618 e. The first-order valence-corrected chi connectivity index (χ1v) is 6.48. The van der Waals surface area contributed by atoms with Crippen molar-refractivity contribution in [1.82, 2.24) is 0 Å². The molecule has 1 rings (SSSR count). The van der Waals surface area contributed by atoms with Crippen LogP contribution in [-0.4, -0.2) is 12.6 Å². The molecule has 1 aromatic heterocycles. The van der Waals surface area contributed by atoms with Crippen molar-refractivity contribution in [1.29, 1.82) is 0 Å². The van der Waals surface area contributed by atoms with Crippen LogP contribution in [0.5, 0.6) is 0 Å². The van der Waals surface area contributed by atoms with Crippen molar-refractivity contribution in [2.45, 2.75) is 47.0 Å². The molecule has 0 saturated heterocycles. The van der Waals surface area contributed by atoms with Crippen LogP contribution < -0.4 is 4.73 Å². The number of nitrogens with zero attached hydrogens (tertiary/aromatic N) is 1. The van der Waals surface area contributed by atoms with Crippen LogP contribution in [0.3, 0.4) is 0 Å². The number of carbonyl (C=O) groups is 1. The number of aryl methyl sites for hydroxylation is 1. The minimum atomic E-state index is -0.419. The van der Waals surface area contributed by atoms with Crippen molar-refractivity contribution in [2.24, 2.45) is 0 Å². The molecule has 0 spiro atoms. The molecule has 0 aliphatic rings. The van der Waals surface area contributed by atoms with Gasteiger partial charge in [0.15, 0.2) is 5.69 Å². The van der Waals surface area contributed by atoms with E-state index in [0.29, 0.717) is 17.9 Å². The molecule has 0 radical (unpaired) electrons. The molecule has 18 heavy (non-hydrogen) atoms. The lowest BCUT2D eigenvalue weighted by Gasteiger charge is -2.13. The summed E-state index contributed by atoms with van der Waals surface area (Å²) in [6.45, 7) is 7.75. The molecular weight excluding hydrogens is 230 g/mol. The van der Waals surface area contributed by atoms with Crippen LogP contribution in [0.2, 0.25) is 0 Å². The number of aromatic nitrogens is 1. The third-order valence-electron chi connectivity index (χ3n) is 2.99. The molecule has 0 bridgehead atoms. The van der Waals surface area contributed by atoms with Crippen molar-refractivity contribution in [3.8, 4) is 0 Å². The van der Waals surface area contributed by atoms with Crippen molar-refractivity contribution in [3.05, 3.63) is 33.8 Å². The molecule has 1 aromatic rings. The zero-order valence-electron chi connectivity index (χ0n) is 11.6. The SMILES string of the molecule is CCCc1c(CC)cc(C(=O)OCC)c(C)[n+]1[O-]. The summed E-state index contributed by atoms with van der Waals surface area (Å²) in [6, 6.07) is 1.80. The van der Waals surface area contributed by atoms with Crippen molar-refractivity contribution in [3.63, 3.8) is 0 Å². The lowest BCUT2D eigenvalue weighted by Crippen LogP contribution is -2.39. The van der Waals surface area contributed by atoms with Gasteiger partial charge in [-0.1, -0.05) is 13.8 Å². The van der Waals surface area contributed by atoms with E-state index in [1.54, 1.807) is 19.9 Å². The van der Waals surface area contributed by atoms with Gasteiger partial charge in [-0.15, -0.1) is 0 Å². The second-order valence-corrected chi connectivity index (χ2v) is 4.23. The zero-order chi connectivity index (χ0) is 13.7. The first kappa shape index (κ1) is 14.5. The van der Waals surface area contributed by atoms with Gasteiger partial charge >= 0.3 is 5.97 Å². The summed E-state index contributed by atoms with van der Waals surface area (Å²) < 4.78 is 5.86. The molecule has 0 N–H and O–H groups in total. The molecule has 0 aliphatic heterocycles. The maximum atomic E-state index is 12.2. The molecule has 0 unspecified atom stereocenters. The van der Waals surface area contributed by atoms with E-state index >= 15 is 0 Å². The Hall–Kier alpha value is -1.58. The average molecular weight is 251 g/mol. The Bertz CT molecular complexity index is 441. The van der Waals surface area contributed by atoms with Crippen molar-refractivity contribution < 1.29 is 14.3 Å². The molecule has 0 amide bonds. The maximum absolute atomic E-state index is 12.2. The van der Waals surface area contributed by atoms with Crippen LogP contribution in [-0.2, 0) is 17.6 Å². The Morgan fingerprint density at radius 2 is 2.06 bits per heavy atom. The predicted molar refractivity (Wildman–Crippen MR) is 69.5 cm³/mol. The summed E-state index contributed by atoms with van der Waals surface area (Å²) in [5.41, 5.74) is 2.50. The minimum absolute atomic E-state index is 0.315. The number of hydrogen-bond acceptors (Lipinski definition) is 3. The fraction of sp³-hybridized carbons (Fsp3) is 0.571. The highest BCUT2D eigenvalue weighted by molar-refractivity contribution is 5.90. The number of carbonyl (C=O) groups excluding carboxylic acids is 1. The Balaban J connectivity index is 3.31. The third-order valence-corrected chi connectivity index (χ3v) is 2.99. The number of rotatable bonds is 5. The molecule has 4 nitrogen and oxygen atoms in total. The normalized spacial score (nSPS) is 10.4. The first-order chi connectivity index (χ1) is 8.56. The average Bonchev–Trinajstić information content (AvgIpc) is 2.36. The lowest BCUT2D eigenvalue weighted by molar-refractivity contribution is -0.621. The Kier molecular flexibility index (Phi) is 5.13. The van der Waals surface area contributed by atoms with E-state index in [-0.39, 0.29) is 0 Å². The molecule has 100 valence electrons. The number of pyridine rings is 1. The number of ether oxygens (including phenoxy) is 1. The number of hydrogen-bond donors (Lipinski definition) is 0. The molecule has 0 fully saturated rings. The van der Waals surface area contributed by atoms with Crippen LogP contribution in [0.15, 0.2) is 6.07 Å². The summed E-state index contributed by atoms with van der Waals surface area (Å²) in [7, 11) is 0. The van der Waals surface area contributed by atoms with E-state index in [4.69, 9.17) is 4.74 Å². The van der Waals surface area contributed by atoms with Crippen molar-refractivity contribution >= 4 is 5.97 Å². The van der Waals surface area contributed by atoms with Crippen LogP contribution in [0, 0.1) is 12.1 Å². The second kappa shape index (κ2) is 6.38. The highest BCUT2D eigenvalue weighted by atomic mass is 16.5. The fourth-order valence-corrected chi connectivity index (χ4v) is 2.02. The molecule has 1 heterocycles. The van der Waals surface area contributed by atoms with Gasteiger partial charge in [0.25, 0.3) is 0 Å². The van der Waals surface area contributed by atoms with Crippen LogP contribution in [0.4, 0.5) is 0 Å².